The van der Waals surface area contributed by atoms with Gasteiger partial charge in [0.2, 0.25) is 5.91 Å². The number of amides is 1. The van der Waals surface area contributed by atoms with Gasteiger partial charge in [-0.25, -0.2) is 0 Å². The van der Waals surface area contributed by atoms with Gasteiger partial charge in [-0.3, -0.25) is 35.8 Å². The molecule has 5 fully saturated rings. The van der Waals surface area contributed by atoms with Gasteiger partial charge in [-0.2, -0.15) is 0 Å². The molecule has 11 heteroatoms. The highest BCUT2D eigenvalue weighted by Gasteiger charge is 2.50. The Morgan fingerprint density at radius 2 is 1.97 bits per heavy atom. The van der Waals surface area contributed by atoms with E-state index in [2.05, 4.69) is 31.5 Å². The van der Waals surface area contributed by atoms with Crippen molar-refractivity contribution in [2.45, 2.75) is 74.6 Å². The number of ketones is 1. The minimum absolute atomic E-state index is 0.000362. The third-order valence-electron chi connectivity index (χ3n) is 8.37. The summed E-state index contributed by atoms with van der Waals surface area (Å²) in [5.41, 5.74) is 0. The van der Waals surface area contributed by atoms with E-state index in [1.165, 1.54) is 12.8 Å². The first-order valence-corrected chi connectivity index (χ1v) is 14.5. The minimum Gasteiger partial charge on any atom is -0.379 e. The molecule has 0 aromatic carbocycles. The number of carbonyl (C=O) groups is 2. The van der Waals surface area contributed by atoms with Gasteiger partial charge in [0.15, 0.2) is 5.78 Å². The van der Waals surface area contributed by atoms with Crippen LogP contribution in [0.3, 0.4) is 0 Å². The maximum Gasteiger partial charge on any atom is 0.233 e. The van der Waals surface area contributed by atoms with Crippen molar-refractivity contribution >= 4 is 23.5 Å². The van der Waals surface area contributed by atoms with Crippen LogP contribution in [0.4, 0.5) is 0 Å². The molecule has 1 saturated carbocycles. The highest BCUT2D eigenvalue weighted by molar-refractivity contribution is 8.01. The molecule has 4 heterocycles. The van der Waals surface area contributed by atoms with Crippen LogP contribution < -0.4 is 26.6 Å². The summed E-state index contributed by atoms with van der Waals surface area (Å²) in [6.45, 7) is 4.40. The van der Waals surface area contributed by atoms with Crippen LogP contribution in [0.2, 0.25) is 0 Å². The average Bonchev–Trinajstić information content (AvgIpc) is 3.33. The number of carbonyl (C=O) groups excluding carboxylic acids is 2. The fraction of sp³-hybridized carbons (Fsp3) is 0.917. The molecule has 4 aliphatic heterocycles. The van der Waals surface area contributed by atoms with Crippen LogP contribution in [0.5, 0.6) is 0 Å². The lowest BCUT2D eigenvalue weighted by Crippen LogP contribution is -2.66. The van der Waals surface area contributed by atoms with Crippen LogP contribution in [0.15, 0.2) is 0 Å². The van der Waals surface area contributed by atoms with Crippen molar-refractivity contribution in [3.8, 4) is 0 Å². The number of rotatable bonds is 7. The lowest BCUT2D eigenvalue weighted by molar-refractivity contribution is -0.170. The third-order valence-corrected chi connectivity index (χ3v) is 9.83. The summed E-state index contributed by atoms with van der Waals surface area (Å²) in [7, 11) is 1.66. The Bertz CT molecular complexity index is 733. The van der Waals surface area contributed by atoms with Crippen LogP contribution in [0.1, 0.15) is 38.5 Å². The van der Waals surface area contributed by atoms with E-state index in [0.29, 0.717) is 36.6 Å². The topological polar surface area (TPSA) is 116 Å². The molecule has 10 nitrogen and oxygen atoms in total. The standard InChI is InChI=1S/C24H42N6O4S/c1-25-20(32)13-27-19-6-7-26-24(29-19)28-16-4-2-15(3-5-16)17-14-35-23-18(31)12-21(34-22(17)23)30-8-10-33-11-9-30/h15-17,19,21-24,26-29H,2-14H2,1H3,(H,25,32). The molecule has 0 radical (unpaired) electrons. The highest BCUT2D eigenvalue weighted by atomic mass is 32.2. The van der Waals surface area contributed by atoms with Gasteiger partial charge in [0.05, 0.1) is 37.3 Å². The zero-order valence-electron chi connectivity index (χ0n) is 20.8. The summed E-state index contributed by atoms with van der Waals surface area (Å²) < 4.78 is 12.1. The van der Waals surface area contributed by atoms with Gasteiger partial charge in [-0.1, -0.05) is 0 Å². The molecule has 1 aliphatic carbocycles. The summed E-state index contributed by atoms with van der Waals surface area (Å²) in [5, 5.41) is 16.7. The fourth-order valence-electron chi connectivity index (χ4n) is 6.32. The Kier molecular flexibility index (Phi) is 8.99. The molecular formula is C24H42N6O4S. The Hall–Kier alpha value is -0.790. The van der Waals surface area contributed by atoms with Crippen molar-refractivity contribution in [2.75, 3.05) is 52.2 Å². The molecule has 0 aromatic rings. The summed E-state index contributed by atoms with van der Waals surface area (Å²) in [6.07, 6.45) is 6.26. The molecule has 5 aliphatic rings. The second-order valence-electron chi connectivity index (χ2n) is 10.5. The SMILES string of the molecule is CNC(=O)CNC1CCNC(NC2CCC(C3CSC4C(=O)CC(N5CCOCC5)OC43)CC2)N1. The molecule has 5 rings (SSSR count). The lowest BCUT2D eigenvalue weighted by Gasteiger charge is -2.43. The van der Waals surface area contributed by atoms with E-state index in [-0.39, 0.29) is 35.9 Å². The predicted octanol–water partition coefficient (Wildman–Crippen LogP) is -0.589. The number of fused-ring (bicyclic) bond motifs is 1. The van der Waals surface area contributed by atoms with E-state index in [9.17, 15) is 9.59 Å². The van der Waals surface area contributed by atoms with E-state index in [1.807, 2.05) is 11.8 Å². The molecule has 1 amide bonds. The summed E-state index contributed by atoms with van der Waals surface area (Å²) in [4.78, 5) is 26.8. The zero-order chi connectivity index (χ0) is 24.2. The highest BCUT2D eigenvalue weighted by Crippen LogP contribution is 2.46. The molecule has 6 atom stereocenters. The van der Waals surface area contributed by atoms with Gasteiger partial charge in [0.1, 0.15) is 12.5 Å². The van der Waals surface area contributed by atoms with E-state index in [0.717, 1.165) is 57.9 Å². The number of hydrogen-bond acceptors (Lipinski definition) is 10. The summed E-state index contributed by atoms with van der Waals surface area (Å²) >= 11 is 1.83. The molecule has 6 unspecified atom stereocenters. The summed E-state index contributed by atoms with van der Waals surface area (Å²) in [6, 6.07) is 0.466. The maximum absolute atomic E-state index is 12.9. The van der Waals surface area contributed by atoms with Gasteiger partial charge < -0.3 is 14.8 Å². The Labute approximate surface area is 212 Å². The first-order valence-electron chi connectivity index (χ1n) is 13.4. The third kappa shape index (κ3) is 6.38. The molecule has 35 heavy (non-hydrogen) atoms. The number of Topliss-reactive ketones (excluding diaryl/α,β-unsaturated/α-hetero) is 1. The van der Waals surface area contributed by atoms with Gasteiger partial charge in [0, 0.05) is 39.1 Å². The van der Waals surface area contributed by atoms with E-state index in [1.54, 1.807) is 7.05 Å². The van der Waals surface area contributed by atoms with Crippen LogP contribution in [0, 0.1) is 11.8 Å². The second-order valence-corrected chi connectivity index (χ2v) is 11.7. The Balaban J connectivity index is 1.09. The molecular weight excluding hydrogens is 468 g/mol. The molecule has 0 spiro atoms. The van der Waals surface area contributed by atoms with Crippen molar-refractivity contribution in [1.29, 1.82) is 0 Å². The molecule has 4 saturated heterocycles. The number of morpholine rings is 1. The van der Waals surface area contributed by atoms with Crippen LogP contribution >= 0.6 is 11.8 Å². The van der Waals surface area contributed by atoms with Gasteiger partial charge in [-0.05, 0) is 49.7 Å². The number of hydrogen-bond donors (Lipinski definition) is 5. The smallest absolute Gasteiger partial charge is 0.233 e. The van der Waals surface area contributed by atoms with E-state index >= 15 is 0 Å². The van der Waals surface area contributed by atoms with Crippen molar-refractivity contribution in [3.05, 3.63) is 0 Å². The molecule has 198 valence electrons. The van der Waals surface area contributed by atoms with Gasteiger partial charge in [-0.15, -0.1) is 11.8 Å². The van der Waals surface area contributed by atoms with Crippen LogP contribution in [-0.4, -0.2) is 105 Å². The predicted molar refractivity (Wildman–Crippen MR) is 135 cm³/mol. The van der Waals surface area contributed by atoms with E-state index < -0.39 is 0 Å². The number of nitrogens with zero attached hydrogens (tertiary/aromatic N) is 1. The Morgan fingerprint density at radius 1 is 1.17 bits per heavy atom. The molecule has 0 bridgehead atoms. The first kappa shape index (κ1) is 25.8. The number of ether oxygens (including phenoxy) is 2. The Morgan fingerprint density at radius 3 is 2.74 bits per heavy atom. The normalized spacial score (nSPS) is 40.9. The quantitative estimate of drug-likeness (QED) is 0.304. The van der Waals surface area contributed by atoms with Crippen molar-refractivity contribution in [3.63, 3.8) is 0 Å². The van der Waals surface area contributed by atoms with Crippen LogP contribution in [-0.2, 0) is 19.1 Å². The monoisotopic (exact) mass is 510 g/mol. The number of nitrogens with one attached hydrogen (secondary N) is 5. The number of thioether (sulfide) groups is 1. The largest absolute Gasteiger partial charge is 0.379 e. The van der Waals surface area contributed by atoms with Crippen LogP contribution in [0.25, 0.3) is 0 Å². The second kappa shape index (κ2) is 12.2. The maximum atomic E-state index is 12.9. The van der Waals surface area contributed by atoms with Gasteiger partial charge >= 0.3 is 0 Å². The van der Waals surface area contributed by atoms with Crippen molar-refractivity contribution < 1.29 is 19.1 Å². The van der Waals surface area contributed by atoms with Gasteiger partial charge in [0.25, 0.3) is 0 Å². The van der Waals surface area contributed by atoms with Crippen molar-refractivity contribution in [2.24, 2.45) is 11.8 Å². The average molecular weight is 511 g/mol. The van der Waals surface area contributed by atoms with Crippen molar-refractivity contribution in [1.82, 2.24) is 31.5 Å². The summed E-state index contributed by atoms with van der Waals surface area (Å²) in [5.74, 6) is 2.53. The number of likely N-dealkylation sites (N-methyl/N-ethyl adjacent to an activating group) is 1. The first-order chi connectivity index (χ1) is 17.1. The molecule has 0 aromatic heterocycles. The fourth-order valence-corrected chi connectivity index (χ4v) is 7.95. The zero-order valence-corrected chi connectivity index (χ0v) is 21.6. The minimum atomic E-state index is -0.0692. The van der Waals surface area contributed by atoms with E-state index in [4.69, 9.17) is 9.47 Å². The molecule has 5 N–H and O–H groups in total. The lowest BCUT2D eigenvalue weighted by atomic mass is 9.75.